The number of fused-ring (bicyclic) bond motifs is 1. The Bertz CT molecular complexity index is 1660. The molecule has 0 bridgehead atoms. The zero-order valence-corrected chi connectivity index (χ0v) is 19.7. The van der Waals surface area contributed by atoms with E-state index < -0.39 is 11.9 Å². The molecule has 1 aromatic heterocycles. The first-order valence-electron chi connectivity index (χ1n) is 11.8. The fourth-order valence-electron chi connectivity index (χ4n) is 4.74. The standard InChI is InChI=1S/C30H21FN4O2/c31-30-25-15-22(10-12-26(25)34-35-30)28(21-8-4-18(5-9-21)7-13-27(36)37)29(20-2-1-3-20)24-11-6-19(16-32)14-23(24)17-33/h4-15,20H,1-3H2,(H,34,35)(H,36,37). The van der Waals surface area contributed by atoms with Gasteiger partial charge in [-0.15, -0.1) is 5.10 Å². The van der Waals surface area contributed by atoms with Gasteiger partial charge in [-0.05, 0) is 82.5 Å². The number of hydrogen-bond donors (Lipinski definition) is 2. The van der Waals surface area contributed by atoms with E-state index in [1.807, 2.05) is 36.4 Å². The van der Waals surface area contributed by atoms with Gasteiger partial charge in [0.1, 0.15) is 0 Å². The van der Waals surface area contributed by atoms with Crippen molar-refractivity contribution in [2.75, 3.05) is 0 Å². The van der Waals surface area contributed by atoms with Crippen LogP contribution >= 0.6 is 0 Å². The Labute approximate surface area is 212 Å². The van der Waals surface area contributed by atoms with Crippen LogP contribution in [0.3, 0.4) is 0 Å². The first kappa shape index (κ1) is 23.7. The van der Waals surface area contributed by atoms with Crippen LogP contribution in [0.5, 0.6) is 0 Å². The lowest BCUT2D eigenvalue weighted by atomic mass is 9.72. The number of rotatable bonds is 6. The van der Waals surface area contributed by atoms with Gasteiger partial charge in [-0.3, -0.25) is 5.10 Å². The largest absolute Gasteiger partial charge is 0.478 e. The lowest BCUT2D eigenvalue weighted by molar-refractivity contribution is -0.131. The van der Waals surface area contributed by atoms with Crippen molar-refractivity contribution in [3.05, 3.63) is 106 Å². The molecule has 7 heteroatoms. The number of aliphatic carboxylic acids is 1. The number of nitrogens with one attached hydrogen (secondary N) is 1. The lowest BCUT2D eigenvalue weighted by Gasteiger charge is -2.32. The van der Waals surface area contributed by atoms with E-state index in [-0.39, 0.29) is 5.92 Å². The highest BCUT2D eigenvalue weighted by atomic mass is 19.1. The number of carbonyl (C=O) groups is 1. The first-order chi connectivity index (χ1) is 18.0. The molecule has 1 saturated carbocycles. The Morgan fingerprint density at radius 2 is 1.78 bits per heavy atom. The summed E-state index contributed by atoms with van der Waals surface area (Å²) in [5.74, 6) is -1.43. The third-order valence-corrected chi connectivity index (χ3v) is 6.76. The summed E-state index contributed by atoms with van der Waals surface area (Å²) >= 11 is 0. The average molecular weight is 489 g/mol. The Morgan fingerprint density at radius 1 is 1.03 bits per heavy atom. The molecular formula is C30H21FN4O2. The van der Waals surface area contributed by atoms with Gasteiger partial charge in [-0.25, -0.2) is 4.79 Å². The quantitative estimate of drug-likeness (QED) is 0.244. The number of halogens is 1. The number of aromatic amines is 1. The van der Waals surface area contributed by atoms with Crippen LogP contribution in [0.15, 0.2) is 66.7 Å². The van der Waals surface area contributed by atoms with Crippen LogP contribution < -0.4 is 0 Å². The fourth-order valence-corrected chi connectivity index (χ4v) is 4.74. The Balaban J connectivity index is 1.79. The second-order valence-electron chi connectivity index (χ2n) is 8.97. The lowest BCUT2D eigenvalue weighted by Crippen LogP contribution is -2.16. The van der Waals surface area contributed by atoms with E-state index in [1.165, 1.54) is 6.08 Å². The van der Waals surface area contributed by atoms with Crippen molar-refractivity contribution in [1.29, 1.82) is 10.5 Å². The highest BCUT2D eigenvalue weighted by molar-refractivity contribution is 6.02. The number of allylic oxidation sites excluding steroid dienone is 1. The van der Waals surface area contributed by atoms with Gasteiger partial charge in [0.05, 0.1) is 34.2 Å². The number of nitrogens with zero attached hydrogens (tertiary/aromatic N) is 3. The summed E-state index contributed by atoms with van der Waals surface area (Å²) < 4.78 is 14.5. The van der Waals surface area contributed by atoms with E-state index >= 15 is 0 Å². The maximum atomic E-state index is 14.5. The maximum absolute atomic E-state index is 14.5. The van der Waals surface area contributed by atoms with Gasteiger partial charge in [0.25, 0.3) is 0 Å². The molecule has 1 aliphatic rings. The van der Waals surface area contributed by atoms with Crippen molar-refractivity contribution >= 4 is 34.1 Å². The van der Waals surface area contributed by atoms with Gasteiger partial charge >= 0.3 is 5.97 Å². The van der Waals surface area contributed by atoms with Crippen LogP contribution in [-0.2, 0) is 4.79 Å². The Morgan fingerprint density at radius 3 is 2.43 bits per heavy atom. The molecule has 37 heavy (non-hydrogen) atoms. The zero-order valence-electron chi connectivity index (χ0n) is 19.7. The van der Waals surface area contributed by atoms with Crippen molar-refractivity contribution < 1.29 is 14.3 Å². The molecule has 0 spiro atoms. The van der Waals surface area contributed by atoms with Gasteiger partial charge < -0.3 is 5.11 Å². The summed E-state index contributed by atoms with van der Waals surface area (Å²) in [6.07, 6.45) is 5.56. The molecule has 1 fully saturated rings. The van der Waals surface area contributed by atoms with Gasteiger partial charge in [0, 0.05) is 6.08 Å². The molecule has 0 saturated heterocycles. The molecule has 180 valence electrons. The second kappa shape index (κ2) is 9.93. The minimum atomic E-state index is -1.03. The SMILES string of the molecule is N#Cc1ccc(C(=C(c2ccc(C=CC(=O)O)cc2)c2ccc3[nH]nc(F)c3c2)C2CCC2)c(C#N)c1. The number of carboxylic acids is 1. The highest BCUT2D eigenvalue weighted by Crippen LogP contribution is 2.46. The van der Waals surface area contributed by atoms with Gasteiger partial charge in [-0.2, -0.15) is 14.9 Å². The molecule has 3 aromatic carbocycles. The van der Waals surface area contributed by atoms with Crippen LogP contribution in [0.4, 0.5) is 4.39 Å². The van der Waals surface area contributed by atoms with Gasteiger partial charge in [0.2, 0.25) is 5.95 Å². The zero-order chi connectivity index (χ0) is 25.9. The molecule has 0 unspecified atom stereocenters. The van der Waals surface area contributed by atoms with Crippen molar-refractivity contribution in [1.82, 2.24) is 10.2 Å². The first-order valence-corrected chi connectivity index (χ1v) is 11.8. The Kier molecular flexibility index (Phi) is 6.36. The number of carboxylic acid groups (broad SMARTS) is 1. The molecule has 5 rings (SSSR count). The average Bonchev–Trinajstić information content (AvgIpc) is 3.26. The third-order valence-electron chi connectivity index (χ3n) is 6.76. The van der Waals surface area contributed by atoms with Crippen molar-refractivity contribution in [3.63, 3.8) is 0 Å². The van der Waals surface area contributed by atoms with Crippen LogP contribution in [0, 0.1) is 34.5 Å². The number of H-pyrrole nitrogens is 1. The van der Waals surface area contributed by atoms with E-state index in [0.717, 1.165) is 58.7 Å². The topological polar surface area (TPSA) is 114 Å². The van der Waals surface area contributed by atoms with Crippen LogP contribution in [-0.4, -0.2) is 21.3 Å². The second-order valence-corrected chi connectivity index (χ2v) is 8.97. The fraction of sp³-hybridized carbons (Fsp3) is 0.133. The predicted octanol–water partition coefficient (Wildman–Crippen LogP) is 6.30. The van der Waals surface area contributed by atoms with Crippen LogP contribution in [0.2, 0.25) is 0 Å². The Hall–Kier alpha value is -5.01. The van der Waals surface area contributed by atoms with E-state index in [1.54, 1.807) is 24.3 Å². The maximum Gasteiger partial charge on any atom is 0.328 e. The monoisotopic (exact) mass is 488 g/mol. The molecule has 1 heterocycles. The third kappa shape index (κ3) is 4.63. The molecule has 0 amide bonds. The van der Waals surface area contributed by atoms with Crippen molar-refractivity contribution in [2.45, 2.75) is 19.3 Å². The summed E-state index contributed by atoms with van der Waals surface area (Å²) in [6.45, 7) is 0. The molecule has 4 aromatic rings. The van der Waals surface area contributed by atoms with Crippen molar-refractivity contribution in [3.8, 4) is 12.1 Å². The summed E-state index contributed by atoms with van der Waals surface area (Å²) in [6, 6.07) is 22.4. The minimum absolute atomic E-state index is 0.187. The summed E-state index contributed by atoms with van der Waals surface area (Å²) in [4.78, 5) is 10.9. The van der Waals surface area contributed by atoms with Crippen LogP contribution in [0.1, 0.15) is 52.6 Å². The number of aromatic nitrogens is 2. The molecule has 0 aliphatic heterocycles. The normalized spacial score (nSPS) is 14.1. The molecule has 0 atom stereocenters. The van der Waals surface area contributed by atoms with E-state index in [2.05, 4.69) is 22.3 Å². The number of benzene rings is 3. The highest BCUT2D eigenvalue weighted by Gasteiger charge is 2.29. The number of nitriles is 2. The summed E-state index contributed by atoms with van der Waals surface area (Å²) in [5, 5.41) is 35.0. The predicted molar refractivity (Wildman–Crippen MR) is 138 cm³/mol. The van der Waals surface area contributed by atoms with E-state index in [9.17, 15) is 19.7 Å². The molecule has 2 N–H and O–H groups in total. The van der Waals surface area contributed by atoms with E-state index in [4.69, 9.17) is 5.11 Å². The van der Waals surface area contributed by atoms with E-state index in [0.29, 0.717) is 22.0 Å². The minimum Gasteiger partial charge on any atom is -0.478 e. The summed E-state index contributed by atoms with van der Waals surface area (Å²) in [5.41, 5.74) is 6.35. The summed E-state index contributed by atoms with van der Waals surface area (Å²) in [7, 11) is 0. The molecule has 1 aliphatic carbocycles. The van der Waals surface area contributed by atoms with Crippen molar-refractivity contribution in [2.24, 2.45) is 5.92 Å². The molecular weight excluding hydrogens is 467 g/mol. The molecule has 6 nitrogen and oxygen atoms in total. The smallest absolute Gasteiger partial charge is 0.328 e. The van der Waals surface area contributed by atoms with Gasteiger partial charge in [0.15, 0.2) is 0 Å². The molecule has 0 radical (unpaired) electrons. The van der Waals surface area contributed by atoms with Crippen LogP contribution in [0.25, 0.3) is 28.1 Å². The number of hydrogen-bond acceptors (Lipinski definition) is 4. The van der Waals surface area contributed by atoms with Gasteiger partial charge in [-0.1, -0.05) is 42.8 Å².